The van der Waals surface area contributed by atoms with Crippen molar-refractivity contribution >= 4 is 65.4 Å². The van der Waals surface area contributed by atoms with Gasteiger partial charge in [-0.3, -0.25) is 0 Å². The van der Waals surface area contributed by atoms with Crippen molar-refractivity contribution < 1.29 is 5.48 Å². The number of aromatic nitrogens is 3. The molecule has 0 radical (unpaired) electrons. The summed E-state index contributed by atoms with van der Waals surface area (Å²) in [5.74, 6) is 0. The fourth-order valence-corrected chi connectivity index (χ4v) is 8.22. The summed E-state index contributed by atoms with van der Waals surface area (Å²) >= 11 is 0. The number of para-hydroxylation sites is 6. The molecule has 8 aromatic carbocycles. The summed E-state index contributed by atoms with van der Waals surface area (Å²) < 4.78 is 41.4. The van der Waals surface area contributed by atoms with Crippen LogP contribution in [0.5, 0.6) is 0 Å². The van der Waals surface area contributed by atoms with Crippen molar-refractivity contribution in [1.29, 1.82) is 0 Å². The van der Waals surface area contributed by atoms with Crippen molar-refractivity contribution in [3.05, 3.63) is 188 Å². The number of hydrogen-bond donors (Lipinski definition) is 0. The van der Waals surface area contributed by atoms with Crippen molar-refractivity contribution in [3.8, 4) is 28.2 Å². The highest BCUT2D eigenvalue weighted by Crippen LogP contribution is 2.40. The lowest BCUT2D eigenvalue weighted by Gasteiger charge is -2.16. The molecule has 3 heterocycles. The van der Waals surface area contributed by atoms with Gasteiger partial charge in [0.15, 0.2) is 0 Å². The minimum Gasteiger partial charge on any atom is -0.309 e. The van der Waals surface area contributed by atoms with Crippen molar-refractivity contribution in [1.82, 2.24) is 13.7 Å². The maximum Gasteiger partial charge on any atom is 0.0645 e. The lowest BCUT2D eigenvalue weighted by atomic mass is 10.0. The molecule has 0 fully saturated rings. The zero-order valence-corrected chi connectivity index (χ0v) is 27.4. The van der Waals surface area contributed by atoms with Crippen LogP contribution in [0.4, 0.5) is 0 Å². The summed E-state index contributed by atoms with van der Waals surface area (Å²) in [6.45, 7) is 0. The molecule has 238 valence electrons. The zero-order chi connectivity index (χ0) is 36.9. The summed E-state index contributed by atoms with van der Waals surface area (Å²) in [6, 6.07) is 56.6. The van der Waals surface area contributed by atoms with Crippen LogP contribution in [-0.2, 0) is 0 Å². The smallest absolute Gasteiger partial charge is 0.0645 e. The molecule has 0 aliphatic rings. The molecular formula is C48H31N3. The SMILES string of the molecule is [2H]c1c([2H])c([2H])c2c(c1[2H])c1ccccc1n2-c1cccc(-c2ccccc2-n2c3ccccc3c3cc(-n4c5ccccc5c5ccccc54)ccc32)c1. The maximum atomic E-state index is 8.97. The quantitative estimate of drug-likeness (QED) is 0.180. The van der Waals surface area contributed by atoms with Gasteiger partial charge in [0.2, 0.25) is 0 Å². The van der Waals surface area contributed by atoms with Gasteiger partial charge < -0.3 is 13.7 Å². The second-order valence-electron chi connectivity index (χ2n) is 13.1. The number of benzene rings is 8. The first kappa shape index (κ1) is 24.3. The van der Waals surface area contributed by atoms with E-state index in [0.29, 0.717) is 10.9 Å². The second-order valence-corrected chi connectivity index (χ2v) is 13.1. The van der Waals surface area contributed by atoms with Crippen molar-refractivity contribution in [3.63, 3.8) is 0 Å². The van der Waals surface area contributed by atoms with Crippen molar-refractivity contribution in [2.24, 2.45) is 0 Å². The fraction of sp³-hybridized carbons (Fsp3) is 0. The molecule has 11 aromatic rings. The Morgan fingerprint density at radius 3 is 1.55 bits per heavy atom. The van der Waals surface area contributed by atoms with Crippen LogP contribution in [0.25, 0.3) is 93.6 Å². The van der Waals surface area contributed by atoms with Gasteiger partial charge in [0, 0.05) is 49.3 Å². The van der Waals surface area contributed by atoms with E-state index in [9.17, 15) is 0 Å². The Morgan fingerprint density at radius 1 is 0.333 bits per heavy atom. The van der Waals surface area contributed by atoms with Crippen LogP contribution in [0.15, 0.2) is 188 Å². The molecule has 0 saturated heterocycles. The molecule has 51 heavy (non-hydrogen) atoms. The van der Waals surface area contributed by atoms with E-state index in [-0.39, 0.29) is 24.2 Å². The number of nitrogens with zero attached hydrogens (tertiary/aromatic N) is 3. The summed E-state index contributed by atoms with van der Waals surface area (Å²) in [7, 11) is 0. The standard InChI is InChI=1S/C48H31N3/c1-7-22-42(35(16-1)32-14-13-15-33(30-32)49-43-23-8-2-17-36(43)37-18-3-9-24-44(37)49)51-47-27-12-6-21-40(47)41-31-34(28-29-48(41)51)50-45-25-10-4-19-38(45)39-20-5-11-26-46(39)50/h1-31H/i2D,8D,17D,23D. The molecule has 3 nitrogen and oxygen atoms in total. The summed E-state index contributed by atoms with van der Waals surface area (Å²) in [5.41, 5.74) is 10.9. The highest BCUT2D eigenvalue weighted by atomic mass is 15.0. The summed E-state index contributed by atoms with van der Waals surface area (Å²) in [4.78, 5) is 0. The fourth-order valence-electron chi connectivity index (χ4n) is 8.22. The van der Waals surface area contributed by atoms with E-state index < -0.39 is 0 Å². The highest BCUT2D eigenvalue weighted by molar-refractivity contribution is 6.13. The molecule has 0 atom stereocenters. The molecule has 3 aromatic heterocycles. The normalized spacial score (nSPS) is 13.0. The highest BCUT2D eigenvalue weighted by Gasteiger charge is 2.19. The number of hydrogen-bond acceptors (Lipinski definition) is 0. The van der Waals surface area contributed by atoms with E-state index in [4.69, 9.17) is 5.48 Å². The van der Waals surface area contributed by atoms with E-state index in [2.05, 4.69) is 137 Å². The van der Waals surface area contributed by atoms with E-state index in [0.717, 1.165) is 55.5 Å². The molecule has 11 rings (SSSR count). The van der Waals surface area contributed by atoms with Gasteiger partial charge in [0.1, 0.15) is 0 Å². The Balaban J connectivity index is 1.13. The monoisotopic (exact) mass is 653 g/mol. The summed E-state index contributed by atoms with van der Waals surface area (Å²) in [5, 5.41) is 6.12. The van der Waals surface area contributed by atoms with Crippen LogP contribution in [0.3, 0.4) is 0 Å². The van der Waals surface area contributed by atoms with E-state index in [1.54, 1.807) is 0 Å². The minimum atomic E-state index is -0.240. The van der Waals surface area contributed by atoms with Gasteiger partial charge in [0.25, 0.3) is 0 Å². The Labute approximate surface area is 300 Å². The van der Waals surface area contributed by atoms with E-state index >= 15 is 0 Å². The number of fused-ring (bicyclic) bond motifs is 9. The van der Waals surface area contributed by atoms with Gasteiger partial charge in [-0.25, -0.2) is 0 Å². The van der Waals surface area contributed by atoms with Crippen LogP contribution in [0.2, 0.25) is 0 Å². The first-order valence-electron chi connectivity index (χ1n) is 19.2. The third-order valence-corrected chi connectivity index (χ3v) is 10.4. The molecule has 0 spiro atoms. The van der Waals surface area contributed by atoms with Crippen LogP contribution < -0.4 is 0 Å². The third-order valence-electron chi connectivity index (χ3n) is 10.4. The van der Waals surface area contributed by atoms with Crippen molar-refractivity contribution in [2.75, 3.05) is 0 Å². The van der Waals surface area contributed by atoms with Crippen LogP contribution in [0, 0.1) is 0 Å². The topological polar surface area (TPSA) is 14.8 Å². The molecular weight excluding hydrogens is 619 g/mol. The van der Waals surface area contributed by atoms with Gasteiger partial charge in [-0.2, -0.15) is 0 Å². The Bertz CT molecular complexity index is 3330. The lowest BCUT2D eigenvalue weighted by molar-refractivity contribution is 1.16. The largest absolute Gasteiger partial charge is 0.309 e. The molecule has 0 bridgehead atoms. The van der Waals surface area contributed by atoms with Gasteiger partial charge >= 0.3 is 0 Å². The first-order valence-corrected chi connectivity index (χ1v) is 17.2. The van der Waals surface area contributed by atoms with Crippen LogP contribution >= 0.6 is 0 Å². The Hall–Kier alpha value is -6.84. The zero-order valence-electron chi connectivity index (χ0n) is 31.4. The molecule has 0 aliphatic heterocycles. The predicted octanol–water partition coefficient (Wildman–Crippen LogP) is 12.6. The van der Waals surface area contributed by atoms with Gasteiger partial charge in [-0.05, 0) is 72.3 Å². The third kappa shape index (κ3) is 4.06. The minimum absolute atomic E-state index is 0.0277. The van der Waals surface area contributed by atoms with Gasteiger partial charge in [0.05, 0.1) is 44.3 Å². The Kier molecular flexibility index (Phi) is 5.16. The Morgan fingerprint density at radius 2 is 0.843 bits per heavy atom. The molecule has 3 heteroatoms. The van der Waals surface area contributed by atoms with Crippen molar-refractivity contribution in [2.45, 2.75) is 0 Å². The van der Waals surface area contributed by atoms with E-state index in [1.165, 1.54) is 27.2 Å². The van der Waals surface area contributed by atoms with Crippen LogP contribution in [-0.4, -0.2) is 13.7 Å². The van der Waals surface area contributed by atoms with Crippen LogP contribution in [0.1, 0.15) is 5.48 Å². The number of rotatable bonds is 4. The first-order chi connectivity index (χ1) is 27.0. The maximum absolute atomic E-state index is 8.97. The van der Waals surface area contributed by atoms with Gasteiger partial charge in [-0.15, -0.1) is 0 Å². The average Bonchev–Trinajstić information content (AvgIpc) is 3.88. The second kappa shape index (κ2) is 10.8. The molecule has 0 amide bonds. The average molecular weight is 654 g/mol. The summed E-state index contributed by atoms with van der Waals surface area (Å²) in [6.07, 6.45) is 0. The van der Waals surface area contributed by atoms with E-state index in [1.807, 2.05) is 41.0 Å². The van der Waals surface area contributed by atoms with Gasteiger partial charge in [-0.1, -0.05) is 121 Å². The molecule has 0 N–H and O–H groups in total. The molecule has 0 saturated carbocycles. The predicted molar refractivity (Wildman–Crippen MR) is 215 cm³/mol. The lowest BCUT2D eigenvalue weighted by Crippen LogP contribution is -1.99. The molecule has 0 aliphatic carbocycles. The molecule has 0 unspecified atom stereocenters.